The van der Waals surface area contributed by atoms with Gasteiger partial charge in [-0.1, -0.05) is 11.2 Å². The van der Waals surface area contributed by atoms with E-state index in [9.17, 15) is 0 Å². The normalized spacial score (nSPS) is 15.0. The number of hydrogen-bond donors (Lipinski definition) is 1. The van der Waals surface area contributed by atoms with Crippen molar-refractivity contribution in [3.8, 4) is 11.5 Å². The van der Waals surface area contributed by atoms with Crippen LogP contribution in [-0.2, 0) is 11.3 Å². The van der Waals surface area contributed by atoms with Crippen LogP contribution in [0.3, 0.4) is 0 Å². The van der Waals surface area contributed by atoms with E-state index in [1.807, 2.05) is 18.2 Å². The van der Waals surface area contributed by atoms with Crippen LogP contribution in [0, 0.1) is 5.53 Å². The number of hydrogen-bond acceptors (Lipinski definition) is 5. The lowest BCUT2D eigenvalue weighted by Crippen LogP contribution is -1.99. The van der Waals surface area contributed by atoms with E-state index in [1.165, 1.54) is 5.56 Å². The predicted octanol–water partition coefficient (Wildman–Crippen LogP) is 2.61. The summed E-state index contributed by atoms with van der Waals surface area (Å²) in [7, 11) is 0. The fraction of sp³-hybridized carbons (Fsp3) is 0.364. The van der Waals surface area contributed by atoms with Gasteiger partial charge in [-0.3, -0.25) is 0 Å². The quantitative estimate of drug-likeness (QED) is 0.494. The highest BCUT2D eigenvalue weighted by molar-refractivity contribution is 5.87. The first-order chi connectivity index (χ1) is 8.83. The molecular formula is C11H12N4O3. The van der Waals surface area contributed by atoms with Crippen LogP contribution < -0.4 is 9.47 Å². The summed E-state index contributed by atoms with van der Waals surface area (Å²) in [5.74, 6) is 1.65. The number of oxime groups is 1. The van der Waals surface area contributed by atoms with Crippen molar-refractivity contribution in [3.05, 3.63) is 34.2 Å². The molecule has 0 amide bonds. The summed E-state index contributed by atoms with van der Waals surface area (Å²) in [5, 5.41) is 3.97. The van der Waals surface area contributed by atoms with Crippen molar-refractivity contribution in [3.63, 3.8) is 0 Å². The zero-order valence-electron chi connectivity index (χ0n) is 9.63. The molecular weight excluding hydrogens is 236 g/mol. The Balaban J connectivity index is 0.000000367. The second kappa shape index (κ2) is 5.79. The first-order valence-electron chi connectivity index (χ1n) is 5.40. The molecule has 94 valence electrons. The molecule has 2 heterocycles. The highest BCUT2D eigenvalue weighted by atomic mass is 16.7. The molecule has 0 saturated heterocycles. The van der Waals surface area contributed by atoms with Gasteiger partial charge in [0.15, 0.2) is 11.5 Å². The van der Waals surface area contributed by atoms with Gasteiger partial charge >= 0.3 is 0 Å². The summed E-state index contributed by atoms with van der Waals surface area (Å²) in [5.41, 5.74) is 14.5. The molecule has 18 heavy (non-hydrogen) atoms. The lowest BCUT2D eigenvalue weighted by molar-refractivity contribution is 0.173. The smallest absolute Gasteiger partial charge is 0.231 e. The minimum Gasteiger partial charge on any atom is -0.454 e. The highest BCUT2D eigenvalue weighted by Crippen LogP contribution is 2.32. The van der Waals surface area contributed by atoms with E-state index >= 15 is 0 Å². The largest absolute Gasteiger partial charge is 0.454 e. The maximum absolute atomic E-state index is 6.86. The molecule has 1 aromatic rings. The Morgan fingerprint density at radius 3 is 2.83 bits per heavy atom. The Bertz CT molecular complexity index is 495. The van der Waals surface area contributed by atoms with Crippen LogP contribution in [0.5, 0.6) is 11.5 Å². The van der Waals surface area contributed by atoms with Crippen molar-refractivity contribution < 1.29 is 14.3 Å². The third-order valence-corrected chi connectivity index (χ3v) is 2.52. The average Bonchev–Trinajstić information content (AvgIpc) is 3.00. The average molecular weight is 248 g/mol. The number of nitrogens with one attached hydrogen (secondary N) is 1. The molecule has 0 bridgehead atoms. The summed E-state index contributed by atoms with van der Waals surface area (Å²) in [6, 6.07) is 5.98. The molecule has 7 heteroatoms. The molecule has 1 aromatic carbocycles. The molecule has 2 aliphatic rings. The Kier molecular flexibility index (Phi) is 3.88. The maximum Gasteiger partial charge on any atom is 0.231 e. The van der Waals surface area contributed by atoms with Gasteiger partial charge in [-0.05, 0) is 28.1 Å². The zero-order chi connectivity index (χ0) is 12.8. The van der Waals surface area contributed by atoms with Gasteiger partial charge in [0.2, 0.25) is 6.79 Å². The lowest BCUT2D eigenvalue weighted by atomic mass is 10.1. The summed E-state index contributed by atoms with van der Waals surface area (Å²) in [6.07, 6.45) is 1.76. The van der Waals surface area contributed by atoms with Crippen molar-refractivity contribution in [1.82, 2.24) is 0 Å². The van der Waals surface area contributed by atoms with Crippen molar-refractivity contribution in [2.24, 2.45) is 5.16 Å². The van der Waals surface area contributed by atoms with E-state index in [1.54, 1.807) is 4.91 Å². The van der Waals surface area contributed by atoms with Gasteiger partial charge in [0.05, 0.1) is 5.71 Å². The fourth-order valence-electron chi connectivity index (χ4n) is 1.75. The van der Waals surface area contributed by atoms with Crippen LogP contribution in [0.2, 0.25) is 0 Å². The molecule has 0 saturated carbocycles. The van der Waals surface area contributed by atoms with Gasteiger partial charge in [0.25, 0.3) is 0 Å². The van der Waals surface area contributed by atoms with Crippen LogP contribution >= 0.6 is 0 Å². The molecule has 0 aromatic heterocycles. The molecule has 0 fully saturated rings. The molecule has 3 rings (SSSR count). The topological polar surface area (TPSA) is 100 Å². The highest BCUT2D eigenvalue weighted by Gasteiger charge is 2.15. The Morgan fingerprint density at radius 1 is 1.33 bits per heavy atom. The SMILES string of the molecule is [N-]=[N+]=N.c1cc2c(cc1CC1=NOCC1)OCO2. The Morgan fingerprint density at radius 2 is 2.11 bits per heavy atom. The summed E-state index contributed by atoms with van der Waals surface area (Å²) >= 11 is 0. The molecule has 1 N–H and O–H groups in total. The third kappa shape index (κ3) is 2.83. The molecule has 0 unspecified atom stereocenters. The maximum atomic E-state index is 6.86. The van der Waals surface area contributed by atoms with E-state index in [2.05, 4.69) is 5.16 Å². The van der Waals surface area contributed by atoms with E-state index < -0.39 is 0 Å². The minimum atomic E-state index is 0.322. The fourth-order valence-corrected chi connectivity index (χ4v) is 1.75. The van der Waals surface area contributed by atoms with Crippen LogP contribution in [0.25, 0.3) is 10.4 Å². The molecule has 0 atom stereocenters. The predicted molar refractivity (Wildman–Crippen MR) is 63.7 cm³/mol. The van der Waals surface area contributed by atoms with Crippen molar-refractivity contribution in [2.75, 3.05) is 13.4 Å². The monoisotopic (exact) mass is 248 g/mol. The van der Waals surface area contributed by atoms with E-state index in [4.69, 9.17) is 25.4 Å². The standard InChI is InChI=1S/C11H11NO3.HN3/c1-2-10-11(14-7-13-10)6-8(1)5-9-3-4-15-12-9;1-3-2/h1-2,6H,3-5,7H2;1H. The second-order valence-electron chi connectivity index (χ2n) is 3.71. The van der Waals surface area contributed by atoms with E-state index in [-0.39, 0.29) is 0 Å². The zero-order valence-corrected chi connectivity index (χ0v) is 9.63. The summed E-state index contributed by atoms with van der Waals surface area (Å²) in [6.45, 7) is 1.03. The van der Waals surface area contributed by atoms with Gasteiger partial charge in [0, 0.05) is 12.8 Å². The Labute approximate surface area is 103 Å². The number of rotatable bonds is 2. The molecule has 2 aliphatic heterocycles. The number of ether oxygens (including phenoxy) is 2. The summed E-state index contributed by atoms with van der Waals surface area (Å²) in [4.78, 5) is 6.70. The van der Waals surface area contributed by atoms with Gasteiger partial charge in [-0.2, -0.15) is 0 Å². The number of nitrogens with zero attached hydrogens (tertiary/aromatic N) is 3. The third-order valence-electron chi connectivity index (χ3n) is 2.52. The lowest BCUT2D eigenvalue weighted by Gasteiger charge is -2.01. The Hall–Kier alpha value is -2.40. The van der Waals surface area contributed by atoms with Crippen LogP contribution in [0.1, 0.15) is 12.0 Å². The first kappa shape index (κ1) is 12.1. The van der Waals surface area contributed by atoms with Crippen molar-refractivity contribution >= 4 is 5.71 Å². The van der Waals surface area contributed by atoms with Crippen LogP contribution in [0.15, 0.2) is 23.4 Å². The van der Waals surface area contributed by atoms with Crippen molar-refractivity contribution in [2.45, 2.75) is 12.8 Å². The molecule has 0 radical (unpaired) electrons. The van der Waals surface area contributed by atoms with E-state index in [0.29, 0.717) is 13.4 Å². The van der Waals surface area contributed by atoms with Crippen LogP contribution in [-0.4, -0.2) is 19.1 Å². The molecule has 7 nitrogen and oxygen atoms in total. The summed E-state index contributed by atoms with van der Waals surface area (Å²) < 4.78 is 10.6. The number of benzene rings is 1. The van der Waals surface area contributed by atoms with Crippen molar-refractivity contribution in [1.29, 1.82) is 5.53 Å². The first-order valence-corrected chi connectivity index (χ1v) is 5.40. The number of fused-ring (bicyclic) bond motifs is 1. The van der Waals surface area contributed by atoms with Gasteiger partial charge in [0.1, 0.15) is 6.61 Å². The van der Waals surface area contributed by atoms with Crippen LogP contribution in [0.4, 0.5) is 0 Å². The minimum absolute atomic E-state index is 0.322. The van der Waals surface area contributed by atoms with Gasteiger partial charge < -0.3 is 14.3 Å². The van der Waals surface area contributed by atoms with E-state index in [0.717, 1.165) is 30.1 Å². The van der Waals surface area contributed by atoms with Gasteiger partial charge in [-0.25, -0.2) is 0 Å². The second-order valence-corrected chi connectivity index (χ2v) is 3.71. The van der Waals surface area contributed by atoms with Gasteiger partial charge in [-0.15, -0.1) is 5.53 Å². The molecule has 0 aliphatic carbocycles. The molecule has 0 spiro atoms.